The van der Waals surface area contributed by atoms with Gasteiger partial charge in [0.25, 0.3) is 0 Å². The van der Waals surface area contributed by atoms with Crippen LogP contribution in [-0.2, 0) is 6.61 Å². The SMILES string of the molecule is COc1cc(OCc2ccccc2)ccc1C1=CCCN=NN1. The van der Waals surface area contributed by atoms with E-state index in [9.17, 15) is 0 Å². The Morgan fingerprint density at radius 2 is 2.00 bits per heavy atom. The van der Waals surface area contributed by atoms with Gasteiger partial charge in [-0.05, 0) is 24.1 Å². The molecule has 0 fully saturated rings. The van der Waals surface area contributed by atoms with Crippen LogP contribution in [0.5, 0.6) is 11.5 Å². The number of methoxy groups -OCH3 is 1. The van der Waals surface area contributed by atoms with Crippen LogP contribution < -0.4 is 14.9 Å². The number of ether oxygens (including phenoxy) is 2. The molecule has 5 nitrogen and oxygen atoms in total. The Hall–Kier alpha value is -2.82. The molecule has 23 heavy (non-hydrogen) atoms. The van der Waals surface area contributed by atoms with Gasteiger partial charge in [0.2, 0.25) is 0 Å². The number of hydrogen-bond donors (Lipinski definition) is 1. The fraction of sp³-hybridized carbons (Fsp3) is 0.222. The van der Waals surface area contributed by atoms with Gasteiger partial charge < -0.3 is 9.47 Å². The van der Waals surface area contributed by atoms with E-state index in [1.54, 1.807) is 7.11 Å². The Balaban J connectivity index is 1.76. The molecule has 1 aliphatic heterocycles. The summed E-state index contributed by atoms with van der Waals surface area (Å²) in [5.41, 5.74) is 5.92. The Morgan fingerprint density at radius 1 is 1.13 bits per heavy atom. The molecule has 2 aromatic carbocycles. The highest BCUT2D eigenvalue weighted by Gasteiger charge is 2.11. The third-order valence-corrected chi connectivity index (χ3v) is 3.53. The fourth-order valence-corrected chi connectivity index (χ4v) is 2.35. The molecule has 1 aliphatic rings. The molecule has 0 saturated carbocycles. The van der Waals surface area contributed by atoms with Gasteiger partial charge in [0.1, 0.15) is 18.1 Å². The van der Waals surface area contributed by atoms with E-state index in [4.69, 9.17) is 9.47 Å². The van der Waals surface area contributed by atoms with E-state index >= 15 is 0 Å². The minimum atomic E-state index is 0.526. The van der Waals surface area contributed by atoms with Crippen LogP contribution in [0, 0.1) is 0 Å². The summed E-state index contributed by atoms with van der Waals surface area (Å²) in [6.07, 6.45) is 2.92. The zero-order valence-electron chi connectivity index (χ0n) is 13.0. The maximum atomic E-state index is 5.84. The minimum absolute atomic E-state index is 0.526. The maximum absolute atomic E-state index is 5.84. The summed E-state index contributed by atoms with van der Waals surface area (Å²) in [6.45, 7) is 1.22. The van der Waals surface area contributed by atoms with Crippen molar-refractivity contribution in [3.63, 3.8) is 0 Å². The minimum Gasteiger partial charge on any atom is -0.496 e. The fourth-order valence-electron chi connectivity index (χ4n) is 2.35. The van der Waals surface area contributed by atoms with E-state index in [1.165, 1.54) is 0 Å². The van der Waals surface area contributed by atoms with Crippen molar-refractivity contribution in [2.75, 3.05) is 13.7 Å². The standard InChI is InChI=1S/C18H19N3O2/c1-22-18-12-15(23-13-14-6-3-2-4-7-14)9-10-16(18)17-8-5-11-19-21-20-17/h2-4,6-10,12H,5,11,13H2,1H3,(H,19,20). The molecule has 1 heterocycles. The molecule has 0 atom stereocenters. The zero-order valence-corrected chi connectivity index (χ0v) is 13.0. The average Bonchev–Trinajstić information content (AvgIpc) is 2.90. The van der Waals surface area contributed by atoms with Gasteiger partial charge >= 0.3 is 0 Å². The third-order valence-electron chi connectivity index (χ3n) is 3.53. The molecule has 0 unspecified atom stereocenters. The first kappa shape index (κ1) is 15.1. The largest absolute Gasteiger partial charge is 0.496 e. The Kier molecular flexibility index (Phi) is 4.88. The van der Waals surface area contributed by atoms with Gasteiger partial charge in [-0.1, -0.05) is 41.6 Å². The molecular weight excluding hydrogens is 290 g/mol. The summed E-state index contributed by atoms with van der Waals surface area (Å²) in [6, 6.07) is 15.9. The normalized spacial score (nSPS) is 13.7. The second kappa shape index (κ2) is 7.45. The van der Waals surface area contributed by atoms with Crippen LogP contribution in [0.2, 0.25) is 0 Å². The van der Waals surface area contributed by atoms with Gasteiger partial charge in [0, 0.05) is 11.6 Å². The van der Waals surface area contributed by atoms with Crippen molar-refractivity contribution in [3.8, 4) is 11.5 Å². The van der Waals surface area contributed by atoms with Crippen molar-refractivity contribution in [1.82, 2.24) is 5.43 Å². The number of hydrogen-bond acceptors (Lipinski definition) is 5. The predicted molar refractivity (Wildman–Crippen MR) is 89.2 cm³/mol. The second-order valence-corrected chi connectivity index (χ2v) is 5.12. The van der Waals surface area contributed by atoms with Crippen molar-refractivity contribution >= 4 is 5.70 Å². The maximum Gasteiger partial charge on any atom is 0.131 e. The first-order valence-electron chi connectivity index (χ1n) is 7.54. The van der Waals surface area contributed by atoms with Crippen LogP contribution in [0.1, 0.15) is 17.5 Å². The number of rotatable bonds is 5. The van der Waals surface area contributed by atoms with Crippen molar-refractivity contribution in [3.05, 3.63) is 65.7 Å². The molecule has 0 amide bonds. The molecule has 1 N–H and O–H groups in total. The summed E-state index contributed by atoms with van der Waals surface area (Å²) in [7, 11) is 1.65. The van der Waals surface area contributed by atoms with E-state index in [1.807, 2.05) is 48.5 Å². The van der Waals surface area contributed by atoms with Crippen LogP contribution in [0.25, 0.3) is 5.70 Å². The summed E-state index contributed by atoms with van der Waals surface area (Å²) in [4.78, 5) is 0. The molecule has 0 radical (unpaired) electrons. The smallest absolute Gasteiger partial charge is 0.131 e. The zero-order chi connectivity index (χ0) is 15.9. The van der Waals surface area contributed by atoms with Gasteiger partial charge in [-0.25, -0.2) is 0 Å². The molecule has 0 aromatic heterocycles. The van der Waals surface area contributed by atoms with Crippen molar-refractivity contribution in [2.24, 2.45) is 10.3 Å². The average molecular weight is 309 g/mol. The predicted octanol–water partition coefficient (Wildman–Crippen LogP) is 3.98. The van der Waals surface area contributed by atoms with E-state index in [0.717, 1.165) is 34.7 Å². The Morgan fingerprint density at radius 3 is 2.83 bits per heavy atom. The second-order valence-electron chi connectivity index (χ2n) is 5.12. The topological polar surface area (TPSA) is 55.2 Å². The van der Waals surface area contributed by atoms with E-state index in [0.29, 0.717) is 13.2 Å². The molecule has 0 bridgehead atoms. The Bertz CT molecular complexity index is 711. The molecule has 5 heteroatoms. The van der Waals surface area contributed by atoms with Crippen LogP contribution in [0.4, 0.5) is 0 Å². The number of nitrogens with zero attached hydrogens (tertiary/aromatic N) is 2. The third kappa shape index (κ3) is 3.88. The summed E-state index contributed by atoms with van der Waals surface area (Å²) < 4.78 is 11.3. The monoisotopic (exact) mass is 309 g/mol. The lowest BCUT2D eigenvalue weighted by Crippen LogP contribution is -2.04. The molecule has 2 aromatic rings. The molecule has 0 saturated heterocycles. The van der Waals surface area contributed by atoms with Crippen LogP contribution in [0.15, 0.2) is 64.9 Å². The van der Waals surface area contributed by atoms with E-state index < -0.39 is 0 Å². The summed E-state index contributed by atoms with van der Waals surface area (Å²) >= 11 is 0. The van der Waals surface area contributed by atoms with E-state index in [2.05, 4.69) is 21.8 Å². The van der Waals surface area contributed by atoms with Gasteiger partial charge in [-0.2, -0.15) is 5.11 Å². The Labute approximate surface area is 135 Å². The first-order valence-corrected chi connectivity index (χ1v) is 7.54. The van der Waals surface area contributed by atoms with Crippen LogP contribution in [0.3, 0.4) is 0 Å². The van der Waals surface area contributed by atoms with Gasteiger partial charge in [0.05, 0.1) is 19.4 Å². The highest BCUT2D eigenvalue weighted by Crippen LogP contribution is 2.30. The van der Waals surface area contributed by atoms with Gasteiger partial charge in [-0.15, -0.1) is 0 Å². The quantitative estimate of drug-likeness (QED) is 0.909. The number of benzene rings is 2. The summed E-state index contributed by atoms with van der Waals surface area (Å²) in [5, 5.41) is 7.90. The van der Waals surface area contributed by atoms with Crippen molar-refractivity contribution < 1.29 is 9.47 Å². The lowest BCUT2D eigenvalue weighted by Gasteiger charge is -2.13. The summed E-state index contributed by atoms with van der Waals surface area (Å²) in [5.74, 6) is 1.51. The van der Waals surface area contributed by atoms with Crippen molar-refractivity contribution in [2.45, 2.75) is 13.0 Å². The molecule has 0 aliphatic carbocycles. The highest BCUT2D eigenvalue weighted by molar-refractivity contribution is 5.70. The lowest BCUT2D eigenvalue weighted by atomic mass is 10.1. The first-order chi connectivity index (χ1) is 11.4. The highest BCUT2D eigenvalue weighted by atomic mass is 16.5. The lowest BCUT2D eigenvalue weighted by molar-refractivity contribution is 0.303. The van der Waals surface area contributed by atoms with Gasteiger partial charge in [0.15, 0.2) is 0 Å². The van der Waals surface area contributed by atoms with Crippen molar-refractivity contribution in [1.29, 1.82) is 0 Å². The molecule has 0 spiro atoms. The molecular formula is C18H19N3O2. The van der Waals surface area contributed by atoms with E-state index in [-0.39, 0.29) is 0 Å². The molecule has 118 valence electrons. The number of nitrogens with one attached hydrogen (secondary N) is 1. The van der Waals surface area contributed by atoms with Crippen LogP contribution >= 0.6 is 0 Å². The van der Waals surface area contributed by atoms with Crippen LogP contribution in [-0.4, -0.2) is 13.7 Å². The molecule has 3 rings (SSSR count). The van der Waals surface area contributed by atoms with Gasteiger partial charge in [-0.3, -0.25) is 5.43 Å².